The van der Waals surface area contributed by atoms with Crippen LogP contribution >= 0.6 is 0 Å². The topological polar surface area (TPSA) is 44.8 Å². The van der Waals surface area contributed by atoms with E-state index >= 15 is 0 Å². The second kappa shape index (κ2) is 8.29. The van der Waals surface area contributed by atoms with Crippen molar-refractivity contribution in [1.29, 1.82) is 0 Å². The Morgan fingerprint density at radius 1 is 1.15 bits per heavy atom. The van der Waals surface area contributed by atoms with E-state index in [0.717, 1.165) is 38.3 Å². The van der Waals surface area contributed by atoms with Crippen molar-refractivity contribution in [2.45, 2.75) is 6.54 Å². The number of piperazine rings is 1. The van der Waals surface area contributed by atoms with Crippen LogP contribution in [0.4, 0.5) is 10.1 Å². The number of benzene rings is 2. The fourth-order valence-corrected chi connectivity index (χ4v) is 3.02. The van der Waals surface area contributed by atoms with Gasteiger partial charge in [0.2, 0.25) is 0 Å². The van der Waals surface area contributed by atoms with Gasteiger partial charge in [-0.25, -0.2) is 4.39 Å². The summed E-state index contributed by atoms with van der Waals surface area (Å²) in [5.74, 6) is -0.689. The molecule has 0 atom stereocenters. The minimum atomic E-state index is -0.601. The van der Waals surface area contributed by atoms with Gasteiger partial charge in [-0.3, -0.25) is 9.69 Å². The van der Waals surface area contributed by atoms with Gasteiger partial charge < -0.3 is 15.0 Å². The first-order valence-corrected chi connectivity index (χ1v) is 8.70. The number of methoxy groups -OCH3 is 1. The van der Waals surface area contributed by atoms with E-state index in [1.165, 1.54) is 19.2 Å². The van der Waals surface area contributed by atoms with E-state index in [4.69, 9.17) is 4.74 Å². The van der Waals surface area contributed by atoms with Crippen LogP contribution in [-0.4, -0.2) is 56.0 Å². The molecule has 3 rings (SSSR count). The zero-order valence-corrected chi connectivity index (χ0v) is 15.2. The molecule has 5 nitrogen and oxygen atoms in total. The third-order valence-corrected chi connectivity index (χ3v) is 4.61. The molecule has 1 aliphatic rings. The second-order valence-electron chi connectivity index (χ2n) is 6.58. The second-order valence-corrected chi connectivity index (χ2v) is 6.58. The van der Waals surface area contributed by atoms with Crippen molar-refractivity contribution in [2.75, 3.05) is 45.7 Å². The highest BCUT2D eigenvalue weighted by molar-refractivity contribution is 6.04. The first kappa shape index (κ1) is 18.4. The summed E-state index contributed by atoms with van der Waals surface area (Å²) in [5, 5.41) is 2.77. The fourth-order valence-electron chi connectivity index (χ4n) is 3.02. The molecule has 1 amide bonds. The zero-order valence-electron chi connectivity index (χ0n) is 15.2. The molecule has 1 aliphatic heterocycles. The third-order valence-electron chi connectivity index (χ3n) is 4.61. The van der Waals surface area contributed by atoms with E-state index < -0.39 is 11.7 Å². The maximum Gasteiger partial charge on any atom is 0.258 e. The molecule has 138 valence electrons. The van der Waals surface area contributed by atoms with Crippen molar-refractivity contribution in [2.24, 2.45) is 0 Å². The van der Waals surface area contributed by atoms with Gasteiger partial charge in [-0.15, -0.1) is 0 Å². The Labute approximate surface area is 153 Å². The predicted octanol–water partition coefficient (Wildman–Crippen LogP) is 2.83. The molecule has 0 aliphatic carbocycles. The molecular weight excluding hydrogens is 333 g/mol. The Morgan fingerprint density at radius 3 is 2.62 bits per heavy atom. The van der Waals surface area contributed by atoms with Crippen LogP contribution in [0.2, 0.25) is 0 Å². The number of nitrogens with zero attached hydrogens (tertiary/aromatic N) is 2. The minimum Gasteiger partial charge on any atom is -0.497 e. The zero-order chi connectivity index (χ0) is 18.5. The molecular formula is C20H24FN3O2. The van der Waals surface area contributed by atoms with E-state index in [1.54, 1.807) is 6.07 Å². The molecule has 0 spiro atoms. The van der Waals surface area contributed by atoms with Gasteiger partial charge in [0, 0.05) is 44.5 Å². The molecule has 2 aromatic rings. The number of ether oxygens (including phenoxy) is 1. The highest BCUT2D eigenvalue weighted by Gasteiger charge is 2.15. The minimum absolute atomic E-state index is 0.00438. The summed E-state index contributed by atoms with van der Waals surface area (Å²) >= 11 is 0. The molecule has 0 unspecified atom stereocenters. The standard InChI is InChI=1S/C20H24FN3O2/c1-23-8-10-24(11-9-23)14-15-4-3-5-16(12-15)22-20(25)18-7-6-17(26-2)13-19(18)21/h3-7,12-13H,8-11,14H2,1-2H3,(H,22,25). The van der Waals surface area contributed by atoms with E-state index in [0.29, 0.717) is 11.4 Å². The smallest absolute Gasteiger partial charge is 0.258 e. The molecule has 0 saturated carbocycles. The lowest BCUT2D eigenvalue weighted by molar-refractivity contribution is 0.102. The molecule has 0 bridgehead atoms. The van der Waals surface area contributed by atoms with E-state index in [2.05, 4.69) is 22.2 Å². The predicted molar refractivity (Wildman–Crippen MR) is 100 cm³/mol. The van der Waals surface area contributed by atoms with Crippen LogP contribution in [0, 0.1) is 5.82 Å². The number of hydrogen-bond acceptors (Lipinski definition) is 4. The van der Waals surface area contributed by atoms with Crippen LogP contribution in [0.1, 0.15) is 15.9 Å². The lowest BCUT2D eigenvalue weighted by atomic mass is 10.1. The maximum absolute atomic E-state index is 14.1. The average Bonchev–Trinajstić information content (AvgIpc) is 2.63. The Kier molecular flexibility index (Phi) is 5.85. The van der Waals surface area contributed by atoms with E-state index in [1.807, 2.05) is 24.3 Å². The van der Waals surface area contributed by atoms with Crippen LogP contribution in [0.5, 0.6) is 5.75 Å². The monoisotopic (exact) mass is 357 g/mol. The largest absolute Gasteiger partial charge is 0.497 e. The number of nitrogens with one attached hydrogen (secondary N) is 1. The SMILES string of the molecule is COc1ccc(C(=O)Nc2cccc(CN3CCN(C)CC3)c2)c(F)c1. The van der Waals surface area contributed by atoms with Crippen LogP contribution in [-0.2, 0) is 6.54 Å². The third kappa shape index (κ3) is 4.59. The number of likely N-dealkylation sites (N-methyl/N-ethyl adjacent to an activating group) is 1. The van der Waals surface area contributed by atoms with Crippen LogP contribution in [0.25, 0.3) is 0 Å². The first-order chi connectivity index (χ1) is 12.5. The number of carbonyl (C=O) groups excluding carboxylic acids is 1. The highest BCUT2D eigenvalue weighted by Crippen LogP contribution is 2.19. The van der Waals surface area contributed by atoms with Crippen LogP contribution in [0.3, 0.4) is 0 Å². The number of halogens is 1. The molecule has 6 heteroatoms. The lowest BCUT2D eigenvalue weighted by Crippen LogP contribution is -2.43. The van der Waals surface area contributed by atoms with Gasteiger partial charge in [-0.05, 0) is 36.9 Å². The van der Waals surface area contributed by atoms with Gasteiger partial charge in [0.1, 0.15) is 11.6 Å². The van der Waals surface area contributed by atoms with Crippen molar-refractivity contribution in [3.8, 4) is 5.75 Å². The van der Waals surface area contributed by atoms with Gasteiger partial charge in [0.25, 0.3) is 5.91 Å². The molecule has 1 fully saturated rings. The number of carbonyl (C=O) groups is 1. The molecule has 2 aromatic carbocycles. The van der Waals surface area contributed by atoms with Crippen molar-refractivity contribution in [3.05, 3.63) is 59.4 Å². The normalized spacial score (nSPS) is 15.7. The summed E-state index contributed by atoms with van der Waals surface area (Å²) in [7, 11) is 3.59. The summed E-state index contributed by atoms with van der Waals surface area (Å²) in [5.41, 5.74) is 1.79. The molecule has 0 radical (unpaired) electrons. The van der Waals surface area contributed by atoms with Crippen molar-refractivity contribution < 1.29 is 13.9 Å². The van der Waals surface area contributed by atoms with E-state index in [9.17, 15) is 9.18 Å². The number of anilines is 1. The van der Waals surface area contributed by atoms with Gasteiger partial charge >= 0.3 is 0 Å². The van der Waals surface area contributed by atoms with Gasteiger partial charge in [-0.2, -0.15) is 0 Å². The van der Waals surface area contributed by atoms with Crippen molar-refractivity contribution in [1.82, 2.24) is 9.80 Å². The Balaban J connectivity index is 1.65. The molecule has 26 heavy (non-hydrogen) atoms. The van der Waals surface area contributed by atoms with Gasteiger partial charge in [0.05, 0.1) is 12.7 Å². The van der Waals surface area contributed by atoms with Crippen molar-refractivity contribution >= 4 is 11.6 Å². The summed E-state index contributed by atoms with van der Waals surface area (Å²) in [6.45, 7) is 5.03. The Bertz CT molecular complexity index is 773. The number of amides is 1. The summed E-state index contributed by atoms with van der Waals surface area (Å²) in [6, 6.07) is 11.9. The Morgan fingerprint density at radius 2 is 1.92 bits per heavy atom. The van der Waals surface area contributed by atoms with Gasteiger partial charge in [0.15, 0.2) is 0 Å². The molecule has 1 N–H and O–H groups in total. The molecule has 0 aromatic heterocycles. The lowest BCUT2D eigenvalue weighted by Gasteiger charge is -2.32. The van der Waals surface area contributed by atoms with Crippen LogP contribution in [0.15, 0.2) is 42.5 Å². The quantitative estimate of drug-likeness (QED) is 0.894. The first-order valence-electron chi connectivity index (χ1n) is 8.70. The average molecular weight is 357 g/mol. The Hall–Kier alpha value is -2.44. The summed E-state index contributed by atoms with van der Waals surface area (Å²) < 4.78 is 19.0. The number of hydrogen-bond donors (Lipinski definition) is 1. The van der Waals surface area contributed by atoms with Crippen LogP contribution < -0.4 is 10.1 Å². The number of rotatable bonds is 5. The highest BCUT2D eigenvalue weighted by atomic mass is 19.1. The van der Waals surface area contributed by atoms with Gasteiger partial charge in [-0.1, -0.05) is 12.1 Å². The molecule has 1 saturated heterocycles. The molecule has 1 heterocycles. The maximum atomic E-state index is 14.1. The summed E-state index contributed by atoms with van der Waals surface area (Å²) in [6.07, 6.45) is 0. The van der Waals surface area contributed by atoms with Crippen molar-refractivity contribution in [3.63, 3.8) is 0 Å². The summed E-state index contributed by atoms with van der Waals surface area (Å²) in [4.78, 5) is 17.1. The fraction of sp³-hybridized carbons (Fsp3) is 0.350. The van der Waals surface area contributed by atoms with E-state index in [-0.39, 0.29) is 5.56 Å².